The van der Waals surface area contributed by atoms with E-state index in [-0.39, 0.29) is 11.4 Å². The Labute approximate surface area is 159 Å². The van der Waals surface area contributed by atoms with Crippen molar-refractivity contribution in [3.63, 3.8) is 0 Å². The van der Waals surface area contributed by atoms with Crippen molar-refractivity contribution in [3.8, 4) is 5.75 Å². The van der Waals surface area contributed by atoms with Gasteiger partial charge in [0, 0.05) is 17.1 Å². The zero-order valence-corrected chi connectivity index (χ0v) is 16.6. The van der Waals surface area contributed by atoms with Crippen molar-refractivity contribution in [1.29, 1.82) is 0 Å². The molecule has 0 spiro atoms. The SMILES string of the molecule is CCNS(=O)(=O)c1ccc(C(=O)Nc2cc(Cl)cc(Br)c2OC)cc1. The van der Waals surface area contributed by atoms with Crippen LogP contribution in [0.3, 0.4) is 0 Å². The Balaban J connectivity index is 2.25. The van der Waals surface area contributed by atoms with Gasteiger partial charge in [-0.1, -0.05) is 18.5 Å². The van der Waals surface area contributed by atoms with Gasteiger partial charge in [-0.25, -0.2) is 13.1 Å². The number of carbonyl (C=O) groups excluding carboxylic acids is 1. The van der Waals surface area contributed by atoms with Crippen molar-refractivity contribution in [2.75, 3.05) is 19.0 Å². The van der Waals surface area contributed by atoms with E-state index < -0.39 is 15.9 Å². The summed E-state index contributed by atoms with van der Waals surface area (Å²) in [5.41, 5.74) is 0.699. The number of anilines is 1. The van der Waals surface area contributed by atoms with E-state index in [9.17, 15) is 13.2 Å². The molecule has 0 atom stereocenters. The van der Waals surface area contributed by atoms with Gasteiger partial charge in [-0.05, 0) is 52.3 Å². The van der Waals surface area contributed by atoms with Gasteiger partial charge in [0.25, 0.3) is 5.91 Å². The van der Waals surface area contributed by atoms with Crippen molar-refractivity contribution < 1.29 is 17.9 Å². The molecule has 6 nitrogen and oxygen atoms in total. The molecular formula is C16H16BrClN2O4S. The predicted octanol–water partition coefficient (Wildman–Crippen LogP) is 3.66. The first-order valence-electron chi connectivity index (χ1n) is 7.22. The number of carbonyl (C=O) groups is 1. The number of amides is 1. The Morgan fingerprint density at radius 1 is 1.24 bits per heavy atom. The number of hydrogen-bond donors (Lipinski definition) is 2. The van der Waals surface area contributed by atoms with Gasteiger partial charge < -0.3 is 10.1 Å². The summed E-state index contributed by atoms with van der Waals surface area (Å²) in [4.78, 5) is 12.5. The molecular weight excluding hydrogens is 432 g/mol. The minimum absolute atomic E-state index is 0.0916. The van der Waals surface area contributed by atoms with Gasteiger partial charge >= 0.3 is 0 Å². The van der Waals surface area contributed by atoms with Gasteiger partial charge in [-0.3, -0.25) is 4.79 Å². The summed E-state index contributed by atoms with van der Waals surface area (Å²) in [6.45, 7) is 1.98. The highest BCUT2D eigenvalue weighted by molar-refractivity contribution is 9.10. The number of hydrogen-bond acceptors (Lipinski definition) is 4. The zero-order chi connectivity index (χ0) is 18.6. The standard InChI is InChI=1S/C16H16BrClN2O4S/c1-3-19-25(22,23)12-6-4-10(5-7-12)16(21)20-14-9-11(18)8-13(17)15(14)24-2/h4-9,19H,3H2,1-2H3,(H,20,21). The summed E-state index contributed by atoms with van der Waals surface area (Å²) in [6.07, 6.45) is 0. The highest BCUT2D eigenvalue weighted by Crippen LogP contribution is 2.36. The van der Waals surface area contributed by atoms with Crippen molar-refractivity contribution in [2.24, 2.45) is 0 Å². The van der Waals surface area contributed by atoms with Crippen molar-refractivity contribution in [2.45, 2.75) is 11.8 Å². The Kier molecular flexibility index (Phi) is 6.45. The second-order valence-electron chi connectivity index (χ2n) is 4.95. The fraction of sp³-hybridized carbons (Fsp3) is 0.188. The maximum Gasteiger partial charge on any atom is 0.255 e. The summed E-state index contributed by atoms with van der Waals surface area (Å²) < 4.78 is 32.1. The van der Waals surface area contributed by atoms with E-state index >= 15 is 0 Å². The van der Waals surface area contributed by atoms with Crippen LogP contribution in [0.15, 0.2) is 45.8 Å². The van der Waals surface area contributed by atoms with E-state index in [0.717, 1.165) is 0 Å². The molecule has 134 valence electrons. The van der Waals surface area contributed by atoms with Crippen molar-refractivity contribution >= 4 is 49.1 Å². The maximum atomic E-state index is 12.4. The van der Waals surface area contributed by atoms with Crippen LogP contribution in [-0.2, 0) is 10.0 Å². The lowest BCUT2D eigenvalue weighted by Crippen LogP contribution is -2.23. The molecule has 2 aromatic rings. The molecule has 0 saturated carbocycles. The molecule has 0 saturated heterocycles. The third-order valence-corrected chi connectivity index (χ3v) is 5.59. The smallest absolute Gasteiger partial charge is 0.255 e. The largest absolute Gasteiger partial charge is 0.493 e. The van der Waals surface area contributed by atoms with Crippen LogP contribution >= 0.6 is 27.5 Å². The van der Waals surface area contributed by atoms with E-state index in [0.29, 0.717) is 26.5 Å². The summed E-state index contributed by atoms with van der Waals surface area (Å²) in [5, 5.41) is 3.13. The van der Waals surface area contributed by atoms with E-state index in [2.05, 4.69) is 26.0 Å². The van der Waals surface area contributed by atoms with Gasteiger partial charge in [-0.15, -0.1) is 0 Å². The summed E-state index contributed by atoms with van der Waals surface area (Å²) >= 11 is 9.31. The lowest BCUT2D eigenvalue weighted by molar-refractivity contribution is 0.102. The third kappa shape index (κ3) is 4.72. The van der Waals surface area contributed by atoms with Crippen LogP contribution in [0.5, 0.6) is 5.75 Å². The average Bonchev–Trinajstić information content (AvgIpc) is 2.54. The molecule has 25 heavy (non-hydrogen) atoms. The molecule has 0 heterocycles. The first-order valence-corrected chi connectivity index (χ1v) is 9.88. The molecule has 2 rings (SSSR count). The molecule has 0 aliphatic heterocycles. The van der Waals surface area contributed by atoms with Gasteiger partial charge in [0.2, 0.25) is 10.0 Å². The molecule has 0 radical (unpaired) electrons. The molecule has 1 amide bonds. The van der Waals surface area contributed by atoms with Crippen molar-refractivity contribution in [3.05, 3.63) is 51.5 Å². The van der Waals surface area contributed by atoms with Crippen LogP contribution in [0.25, 0.3) is 0 Å². The molecule has 0 fully saturated rings. The Bertz CT molecular complexity index is 886. The minimum atomic E-state index is -3.56. The number of ether oxygens (including phenoxy) is 1. The van der Waals surface area contributed by atoms with Gasteiger partial charge in [0.15, 0.2) is 5.75 Å². The van der Waals surface area contributed by atoms with E-state index in [4.69, 9.17) is 16.3 Å². The first kappa shape index (κ1) is 19.7. The molecule has 0 unspecified atom stereocenters. The average molecular weight is 448 g/mol. The topological polar surface area (TPSA) is 84.5 Å². The van der Waals surface area contributed by atoms with Crippen LogP contribution < -0.4 is 14.8 Å². The number of sulfonamides is 1. The van der Waals surface area contributed by atoms with Crippen molar-refractivity contribution in [1.82, 2.24) is 4.72 Å². The Morgan fingerprint density at radius 3 is 2.44 bits per heavy atom. The van der Waals surface area contributed by atoms with E-state index in [1.807, 2.05) is 0 Å². The molecule has 9 heteroatoms. The fourth-order valence-electron chi connectivity index (χ4n) is 2.11. The minimum Gasteiger partial charge on any atom is -0.493 e. The number of methoxy groups -OCH3 is 1. The predicted molar refractivity (Wildman–Crippen MR) is 101 cm³/mol. The zero-order valence-electron chi connectivity index (χ0n) is 13.5. The van der Waals surface area contributed by atoms with Crippen LogP contribution in [0.4, 0.5) is 5.69 Å². The summed E-state index contributed by atoms with van der Waals surface area (Å²) in [7, 11) is -2.08. The number of benzene rings is 2. The summed E-state index contributed by atoms with van der Waals surface area (Å²) in [5.74, 6) is 0.0176. The van der Waals surface area contributed by atoms with Gasteiger partial charge in [-0.2, -0.15) is 0 Å². The third-order valence-electron chi connectivity index (χ3n) is 3.22. The number of halogens is 2. The van der Waals surface area contributed by atoms with Gasteiger partial charge in [0.05, 0.1) is 22.2 Å². The molecule has 2 N–H and O–H groups in total. The monoisotopic (exact) mass is 446 g/mol. The normalized spacial score (nSPS) is 11.2. The second-order valence-corrected chi connectivity index (χ2v) is 8.01. The van der Waals surface area contributed by atoms with Crippen LogP contribution in [0.1, 0.15) is 17.3 Å². The van der Waals surface area contributed by atoms with E-state index in [1.54, 1.807) is 19.1 Å². The maximum absolute atomic E-state index is 12.4. The quantitative estimate of drug-likeness (QED) is 0.708. The second kappa shape index (κ2) is 8.18. The van der Waals surface area contributed by atoms with Crippen LogP contribution in [0, 0.1) is 0 Å². The molecule has 0 aliphatic carbocycles. The first-order chi connectivity index (χ1) is 11.8. The fourth-order valence-corrected chi connectivity index (χ4v) is 4.13. The number of rotatable bonds is 6. The van der Waals surface area contributed by atoms with E-state index in [1.165, 1.54) is 31.4 Å². The molecule has 2 aromatic carbocycles. The lowest BCUT2D eigenvalue weighted by Gasteiger charge is -2.13. The summed E-state index contributed by atoms with van der Waals surface area (Å²) in [6, 6.07) is 8.83. The molecule has 0 aromatic heterocycles. The molecule has 0 aliphatic rings. The van der Waals surface area contributed by atoms with Crippen LogP contribution in [-0.4, -0.2) is 28.0 Å². The highest BCUT2D eigenvalue weighted by Gasteiger charge is 2.16. The Morgan fingerprint density at radius 2 is 1.88 bits per heavy atom. The van der Waals surface area contributed by atoms with Crippen LogP contribution in [0.2, 0.25) is 5.02 Å². The van der Waals surface area contributed by atoms with Gasteiger partial charge in [0.1, 0.15) is 0 Å². The number of nitrogens with one attached hydrogen (secondary N) is 2. The lowest BCUT2D eigenvalue weighted by atomic mass is 10.2. The molecule has 0 bridgehead atoms. The Hall–Kier alpha value is -1.61. The highest BCUT2D eigenvalue weighted by atomic mass is 79.9.